The van der Waals surface area contributed by atoms with Gasteiger partial charge >= 0.3 is 0 Å². The molecule has 0 fully saturated rings. The topological polar surface area (TPSA) is 55.4 Å². The predicted molar refractivity (Wildman–Crippen MR) is 140 cm³/mol. The predicted octanol–water partition coefficient (Wildman–Crippen LogP) is 6.18. The first-order chi connectivity index (χ1) is 17.6. The van der Waals surface area contributed by atoms with Gasteiger partial charge < -0.3 is 10.1 Å². The first kappa shape index (κ1) is 22.5. The largest absolute Gasteiger partial charge is 0.497 e. The minimum Gasteiger partial charge on any atom is -0.497 e. The molecular formula is C32H29NO3. The maximum atomic E-state index is 13.7. The van der Waals surface area contributed by atoms with Gasteiger partial charge in [0.1, 0.15) is 5.75 Å². The number of dihydropyridines is 1. The fraction of sp³-hybridized carbons (Fsp3) is 0.250. The van der Waals surface area contributed by atoms with Gasteiger partial charge in [-0.1, -0.05) is 72.8 Å². The van der Waals surface area contributed by atoms with Crippen molar-refractivity contribution in [1.29, 1.82) is 0 Å². The molecule has 0 amide bonds. The van der Waals surface area contributed by atoms with Gasteiger partial charge in [-0.2, -0.15) is 0 Å². The summed E-state index contributed by atoms with van der Waals surface area (Å²) in [6, 6.07) is 28.4. The van der Waals surface area contributed by atoms with Crippen LogP contribution < -0.4 is 10.1 Å². The highest BCUT2D eigenvalue weighted by atomic mass is 16.5. The number of carbonyl (C=O) groups excluding carboxylic acids is 2. The minimum absolute atomic E-state index is 0.128. The second kappa shape index (κ2) is 9.27. The Kier molecular flexibility index (Phi) is 5.80. The molecule has 0 spiro atoms. The summed E-state index contributed by atoms with van der Waals surface area (Å²) in [5.41, 5.74) is 6.80. The zero-order chi connectivity index (χ0) is 24.6. The van der Waals surface area contributed by atoms with Crippen LogP contribution in [0.3, 0.4) is 0 Å². The van der Waals surface area contributed by atoms with E-state index in [1.807, 2.05) is 60.7 Å². The molecule has 4 nitrogen and oxygen atoms in total. The van der Waals surface area contributed by atoms with Gasteiger partial charge in [-0.25, -0.2) is 0 Å². The van der Waals surface area contributed by atoms with Crippen molar-refractivity contribution in [1.82, 2.24) is 5.32 Å². The molecule has 6 rings (SSSR count). The van der Waals surface area contributed by atoms with Crippen molar-refractivity contribution in [2.75, 3.05) is 7.11 Å². The van der Waals surface area contributed by atoms with E-state index in [1.54, 1.807) is 7.11 Å². The number of rotatable bonds is 4. The Hall–Kier alpha value is -3.92. The molecule has 0 bridgehead atoms. The Morgan fingerprint density at radius 3 is 1.53 bits per heavy atom. The van der Waals surface area contributed by atoms with E-state index >= 15 is 0 Å². The molecular weight excluding hydrogens is 446 g/mol. The lowest BCUT2D eigenvalue weighted by molar-refractivity contribution is -0.117. The SMILES string of the molecule is COc1ccc(C2C3=C(C[C@H](c4ccccc4)CC3=O)NC3=C2C(=O)C[C@@H](c2ccccc2)C3)cc1. The smallest absolute Gasteiger partial charge is 0.162 e. The maximum Gasteiger partial charge on any atom is 0.162 e. The molecule has 3 aliphatic rings. The molecule has 1 heterocycles. The number of allylic oxidation sites excluding steroid dienone is 4. The van der Waals surface area contributed by atoms with Crippen LogP contribution in [0, 0.1) is 0 Å². The van der Waals surface area contributed by atoms with Gasteiger partial charge in [0.05, 0.1) is 7.11 Å². The Morgan fingerprint density at radius 1 is 0.611 bits per heavy atom. The van der Waals surface area contributed by atoms with Crippen LogP contribution in [0.15, 0.2) is 107 Å². The highest BCUT2D eigenvalue weighted by molar-refractivity contribution is 6.07. The Bertz CT molecular complexity index is 1290. The summed E-state index contributed by atoms with van der Waals surface area (Å²) >= 11 is 0. The summed E-state index contributed by atoms with van der Waals surface area (Å²) in [7, 11) is 1.64. The van der Waals surface area contributed by atoms with Crippen molar-refractivity contribution in [2.45, 2.75) is 43.4 Å². The lowest BCUT2D eigenvalue weighted by Crippen LogP contribution is -2.38. The third-order valence-corrected chi connectivity index (χ3v) is 7.89. The van der Waals surface area contributed by atoms with E-state index in [2.05, 4.69) is 29.6 Å². The highest BCUT2D eigenvalue weighted by Gasteiger charge is 2.43. The van der Waals surface area contributed by atoms with E-state index in [-0.39, 0.29) is 29.3 Å². The molecule has 180 valence electrons. The summed E-state index contributed by atoms with van der Waals surface area (Å²) in [6.07, 6.45) is 2.44. The van der Waals surface area contributed by atoms with E-state index in [9.17, 15) is 9.59 Å². The molecule has 3 aromatic rings. The van der Waals surface area contributed by atoms with Gasteiger partial charge in [-0.05, 0) is 53.5 Å². The average molecular weight is 476 g/mol. The van der Waals surface area contributed by atoms with Gasteiger partial charge in [0.15, 0.2) is 11.6 Å². The third kappa shape index (κ3) is 3.97. The fourth-order valence-corrected chi connectivity index (χ4v) is 6.15. The zero-order valence-electron chi connectivity index (χ0n) is 20.4. The summed E-state index contributed by atoms with van der Waals surface area (Å²) in [5.74, 6) is 0.941. The number of hydrogen-bond donors (Lipinski definition) is 1. The van der Waals surface area contributed by atoms with Crippen LogP contribution in [0.4, 0.5) is 0 Å². The maximum absolute atomic E-state index is 13.7. The minimum atomic E-state index is -0.337. The van der Waals surface area contributed by atoms with Crippen molar-refractivity contribution < 1.29 is 14.3 Å². The van der Waals surface area contributed by atoms with Gasteiger partial charge in [0, 0.05) is 41.3 Å². The number of carbonyl (C=O) groups is 2. The van der Waals surface area contributed by atoms with E-state index < -0.39 is 0 Å². The highest BCUT2D eigenvalue weighted by Crippen LogP contribution is 2.49. The first-order valence-corrected chi connectivity index (χ1v) is 12.7. The Balaban J connectivity index is 1.44. The van der Waals surface area contributed by atoms with Gasteiger partial charge in [-0.15, -0.1) is 0 Å². The standard InChI is InChI=1S/C32H29NO3/c1-36-25-14-12-22(13-15-25)30-31-26(16-23(18-28(31)34)20-8-4-2-5-9-20)33-27-17-24(19-29(35)32(27)30)21-10-6-3-7-11-21/h2-15,23-24,30,33H,16-19H2,1H3/t23-,24-/m0/s1. The van der Waals surface area contributed by atoms with Crippen LogP contribution in [0.2, 0.25) is 0 Å². The number of nitrogens with one attached hydrogen (secondary N) is 1. The molecule has 3 aromatic carbocycles. The van der Waals surface area contributed by atoms with Gasteiger partial charge in [-0.3, -0.25) is 9.59 Å². The molecule has 0 saturated heterocycles. The van der Waals surface area contributed by atoms with E-state index in [1.165, 1.54) is 11.1 Å². The molecule has 0 aromatic heterocycles. The molecule has 0 radical (unpaired) electrons. The number of Topliss-reactive ketones (excluding diaryl/α,β-unsaturated/α-hetero) is 2. The molecule has 0 unspecified atom stereocenters. The van der Waals surface area contributed by atoms with E-state index in [0.29, 0.717) is 12.8 Å². The van der Waals surface area contributed by atoms with Crippen molar-refractivity contribution >= 4 is 11.6 Å². The molecule has 2 atom stereocenters. The Labute approximate surface area is 211 Å². The molecule has 1 N–H and O–H groups in total. The second-order valence-corrected chi connectivity index (χ2v) is 9.99. The average Bonchev–Trinajstić information content (AvgIpc) is 2.93. The summed E-state index contributed by atoms with van der Waals surface area (Å²) in [6.45, 7) is 0. The number of ketones is 2. The number of benzene rings is 3. The van der Waals surface area contributed by atoms with Crippen molar-refractivity contribution in [3.05, 3.63) is 124 Å². The zero-order valence-corrected chi connectivity index (χ0v) is 20.4. The van der Waals surface area contributed by atoms with Gasteiger partial charge in [0.25, 0.3) is 0 Å². The summed E-state index contributed by atoms with van der Waals surface area (Å²) in [4.78, 5) is 27.5. The lowest BCUT2D eigenvalue weighted by Gasteiger charge is -2.40. The van der Waals surface area contributed by atoms with Crippen LogP contribution in [-0.4, -0.2) is 18.7 Å². The van der Waals surface area contributed by atoms with Crippen LogP contribution in [0.25, 0.3) is 0 Å². The third-order valence-electron chi connectivity index (χ3n) is 7.89. The lowest BCUT2D eigenvalue weighted by atomic mass is 9.67. The molecule has 0 saturated carbocycles. The molecule has 2 aliphatic carbocycles. The van der Waals surface area contributed by atoms with E-state index in [4.69, 9.17) is 4.74 Å². The number of hydrogen-bond acceptors (Lipinski definition) is 4. The first-order valence-electron chi connectivity index (χ1n) is 12.7. The van der Waals surface area contributed by atoms with Crippen LogP contribution >= 0.6 is 0 Å². The normalized spacial score (nSPS) is 22.1. The molecule has 4 heteroatoms. The van der Waals surface area contributed by atoms with Crippen LogP contribution in [0.1, 0.15) is 60.1 Å². The molecule has 36 heavy (non-hydrogen) atoms. The fourth-order valence-electron chi connectivity index (χ4n) is 6.15. The second-order valence-electron chi connectivity index (χ2n) is 9.99. The van der Waals surface area contributed by atoms with Crippen LogP contribution in [-0.2, 0) is 9.59 Å². The molecule has 1 aliphatic heterocycles. The number of ether oxygens (including phenoxy) is 1. The van der Waals surface area contributed by atoms with Crippen molar-refractivity contribution in [3.8, 4) is 5.75 Å². The Morgan fingerprint density at radius 2 is 1.08 bits per heavy atom. The van der Waals surface area contributed by atoms with Crippen molar-refractivity contribution in [2.24, 2.45) is 0 Å². The van der Waals surface area contributed by atoms with E-state index in [0.717, 1.165) is 46.7 Å². The number of methoxy groups -OCH3 is 1. The van der Waals surface area contributed by atoms with Crippen molar-refractivity contribution in [3.63, 3.8) is 0 Å². The monoisotopic (exact) mass is 475 g/mol. The summed E-state index contributed by atoms with van der Waals surface area (Å²) in [5, 5.41) is 3.63. The summed E-state index contributed by atoms with van der Waals surface area (Å²) < 4.78 is 5.37. The van der Waals surface area contributed by atoms with Crippen LogP contribution in [0.5, 0.6) is 5.75 Å². The quantitative estimate of drug-likeness (QED) is 0.489. The van der Waals surface area contributed by atoms with Gasteiger partial charge in [0.2, 0.25) is 0 Å².